The molecule has 2 atom stereocenters. The third-order valence-corrected chi connectivity index (χ3v) is 7.34. The molecule has 0 aliphatic heterocycles. The van der Waals surface area contributed by atoms with Crippen molar-refractivity contribution in [1.29, 1.82) is 0 Å². The van der Waals surface area contributed by atoms with Gasteiger partial charge in [0.05, 0.1) is 40.3 Å². The lowest BCUT2D eigenvalue weighted by Crippen LogP contribution is -2.55. The molecule has 0 bridgehead atoms. The fraction of sp³-hybridized carbons (Fsp3) is 0.625. The van der Waals surface area contributed by atoms with Crippen LogP contribution in [0.4, 0.5) is 0 Å². The first-order valence-corrected chi connectivity index (χ1v) is 18.0. The summed E-state index contributed by atoms with van der Waals surface area (Å²) in [6.07, 6.45) is 36.9. The first kappa shape index (κ1) is 44.8. The highest BCUT2D eigenvalue weighted by Crippen LogP contribution is 2.09. The van der Waals surface area contributed by atoms with Gasteiger partial charge in [-0.25, -0.2) is 0 Å². The Morgan fingerprint density at radius 2 is 1.19 bits per heavy atom. The summed E-state index contributed by atoms with van der Waals surface area (Å²) >= 11 is 0. The Bertz CT molecular complexity index is 1020. The number of carbonyl (C=O) groups is 3. The van der Waals surface area contributed by atoms with E-state index in [1.807, 2.05) is 12.2 Å². The van der Waals surface area contributed by atoms with Gasteiger partial charge in [-0.05, 0) is 64.2 Å². The molecule has 0 heterocycles. The third kappa shape index (κ3) is 29.0. The van der Waals surface area contributed by atoms with Crippen molar-refractivity contribution in [3.05, 3.63) is 72.9 Å². The number of quaternary nitrogens is 1. The van der Waals surface area contributed by atoms with Gasteiger partial charge in [-0.3, -0.25) is 9.59 Å². The van der Waals surface area contributed by atoms with E-state index in [1.54, 1.807) is 21.1 Å². The SMILES string of the molecule is CC/C=C/C/C=C/CCC(=O)OCC(COCCC(C(=O)[O-])[N+](C)(C)C)OC(=O)CCC/C=C/C/C=C/C/C=C/C/C=C/CCCCC. The van der Waals surface area contributed by atoms with Crippen LogP contribution in [0.1, 0.15) is 110 Å². The highest BCUT2D eigenvalue weighted by Gasteiger charge is 2.25. The number of nitrogens with zero attached hydrogens (tertiary/aromatic N) is 1. The normalized spacial score (nSPS) is 13.9. The van der Waals surface area contributed by atoms with E-state index in [4.69, 9.17) is 14.2 Å². The summed E-state index contributed by atoms with van der Waals surface area (Å²) in [6, 6.07) is -0.743. The summed E-state index contributed by atoms with van der Waals surface area (Å²) in [5, 5.41) is 11.5. The predicted molar refractivity (Wildman–Crippen MR) is 194 cm³/mol. The standard InChI is InChI=1S/C40H65NO7/c1-6-8-10-12-14-15-16-17-18-19-20-21-22-23-25-27-29-31-39(43)48-36(34-46-33-32-37(40(44)45)41(3,4)5)35-47-38(42)30-28-26-24-13-11-9-7-2/h9,11,14-15,17-18,20-21,23-26,36-37H,6-8,10,12-13,16,19,22,27-35H2,1-5H3/b11-9+,15-14+,18-17+,21-20+,25-23+,26-24+. The molecule has 0 fully saturated rings. The van der Waals surface area contributed by atoms with Crippen LogP contribution in [0.15, 0.2) is 72.9 Å². The van der Waals surface area contributed by atoms with Crippen LogP contribution in [-0.2, 0) is 28.6 Å². The Kier molecular flexibility index (Phi) is 29.0. The molecule has 0 aliphatic rings. The number of carboxylic acids is 1. The van der Waals surface area contributed by atoms with Crippen molar-refractivity contribution in [3.63, 3.8) is 0 Å². The van der Waals surface area contributed by atoms with Gasteiger partial charge in [-0.1, -0.05) is 99.6 Å². The van der Waals surface area contributed by atoms with Crippen LogP contribution in [0.2, 0.25) is 0 Å². The summed E-state index contributed by atoms with van der Waals surface area (Å²) in [7, 11) is 5.34. The summed E-state index contributed by atoms with van der Waals surface area (Å²) in [4.78, 5) is 36.4. The second-order valence-corrected chi connectivity index (χ2v) is 12.7. The molecule has 0 spiro atoms. The highest BCUT2D eigenvalue weighted by molar-refractivity contribution is 5.70. The molecule has 0 aliphatic carbocycles. The number of likely N-dealkylation sites (N-methyl/N-ethyl adjacent to an activating group) is 1. The smallest absolute Gasteiger partial charge is 0.306 e. The molecule has 0 saturated carbocycles. The van der Waals surface area contributed by atoms with Crippen molar-refractivity contribution in [3.8, 4) is 0 Å². The van der Waals surface area contributed by atoms with Crippen LogP contribution in [0.5, 0.6) is 0 Å². The van der Waals surface area contributed by atoms with Crippen LogP contribution in [0.3, 0.4) is 0 Å². The second-order valence-electron chi connectivity index (χ2n) is 12.7. The lowest BCUT2D eigenvalue weighted by atomic mass is 10.1. The van der Waals surface area contributed by atoms with Crippen molar-refractivity contribution in [2.75, 3.05) is 41.0 Å². The molecular formula is C40H65NO7. The zero-order chi connectivity index (χ0) is 35.7. The number of aliphatic carboxylic acids is 1. The number of hydrogen-bond donors (Lipinski definition) is 0. The molecule has 2 unspecified atom stereocenters. The van der Waals surface area contributed by atoms with E-state index < -0.39 is 24.1 Å². The Morgan fingerprint density at radius 1 is 0.646 bits per heavy atom. The molecule has 0 aromatic rings. The minimum atomic E-state index is -1.15. The fourth-order valence-electron chi connectivity index (χ4n) is 4.53. The Morgan fingerprint density at radius 3 is 1.73 bits per heavy atom. The average Bonchev–Trinajstić information content (AvgIpc) is 3.03. The lowest BCUT2D eigenvalue weighted by Gasteiger charge is -2.34. The lowest BCUT2D eigenvalue weighted by molar-refractivity contribution is -0.889. The molecule has 0 aromatic carbocycles. The van der Waals surface area contributed by atoms with Crippen molar-refractivity contribution >= 4 is 17.9 Å². The number of esters is 2. The van der Waals surface area contributed by atoms with E-state index in [0.717, 1.165) is 38.5 Å². The number of unbranched alkanes of at least 4 members (excludes halogenated alkanes) is 4. The molecule has 8 nitrogen and oxygen atoms in total. The van der Waals surface area contributed by atoms with Crippen LogP contribution < -0.4 is 5.11 Å². The van der Waals surface area contributed by atoms with Crippen molar-refractivity contribution in [1.82, 2.24) is 0 Å². The molecule has 0 rings (SSSR count). The molecule has 8 heteroatoms. The number of ether oxygens (including phenoxy) is 3. The quantitative estimate of drug-likeness (QED) is 0.0337. The maximum absolute atomic E-state index is 12.6. The van der Waals surface area contributed by atoms with Gasteiger partial charge in [0.2, 0.25) is 0 Å². The van der Waals surface area contributed by atoms with Gasteiger partial charge in [0.1, 0.15) is 12.6 Å². The fourth-order valence-corrected chi connectivity index (χ4v) is 4.53. The van der Waals surface area contributed by atoms with Gasteiger partial charge >= 0.3 is 11.9 Å². The first-order valence-electron chi connectivity index (χ1n) is 18.0. The molecule has 48 heavy (non-hydrogen) atoms. The van der Waals surface area contributed by atoms with E-state index in [-0.39, 0.29) is 49.5 Å². The van der Waals surface area contributed by atoms with Gasteiger partial charge in [0.25, 0.3) is 0 Å². The van der Waals surface area contributed by atoms with E-state index >= 15 is 0 Å². The van der Waals surface area contributed by atoms with Crippen LogP contribution in [-0.4, -0.2) is 75.5 Å². The summed E-state index contributed by atoms with van der Waals surface area (Å²) in [5.74, 6) is -1.92. The monoisotopic (exact) mass is 671 g/mol. The van der Waals surface area contributed by atoms with Gasteiger partial charge in [-0.2, -0.15) is 0 Å². The van der Waals surface area contributed by atoms with E-state index in [9.17, 15) is 19.5 Å². The van der Waals surface area contributed by atoms with E-state index in [1.165, 1.54) is 25.7 Å². The number of allylic oxidation sites excluding steroid dienone is 12. The summed E-state index contributed by atoms with van der Waals surface area (Å²) in [5.41, 5.74) is 0. The molecule has 0 aromatic heterocycles. The zero-order valence-corrected chi connectivity index (χ0v) is 30.6. The number of hydrogen-bond acceptors (Lipinski definition) is 7. The topological polar surface area (TPSA) is 102 Å². The maximum atomic E-state index is 12.6. The van der Waals surface area contributed by atoms with Crippen LogP contribution in [0.25, 0.3) is 0 Å². The van der Waals surface area contributed by atoms with Crippen molar-refractivity contribution < 1.29 is 38.2 Å². The van der Waals surface area contributed by atoms with Gasteiger partial charge in [-0.15, -0.1) is 0 Å². The largest absolute Gasteiger partial charge is 0.544 e. The van der Waals surface area contributed by atoms with E-state index in [2.05, 4.69) is 74.6 Å². The summed E-state index contributed by atoms with van der Waals surface area (Å²) < 4.78 is 16.8. The minimum absolute atomic E-state index is 0.00320. The Hall–Kier alpha value is -3.23. The second kappa shape index (κ2) is 31.1. The number of carboxylic acid groups (broad SMARTS) is 1. The number of carbonyl (C=O) groups excluding carboxylic acids is 3. The van der Waals surface area contributed by atoms with Crippen LogP contribution >= 0.6 is 0 Å². The average molecular weight is 672 g/mol. The maximum Gasteiger partial charge on any atom is 0.306 e. The molecule has 0 radical (unpaired) electrons. The molecule has 0 saturated heterocycles. The highest BCUT2D eigenvalue weighted by atomic mass is 16.6. The van der Waals surface area contributed by atoms with Crippen LogP contribution in [0, 0.1) is 0 Å². The van der Waals surface area contributed by atoms with Gasteiger partial charge in [0, 0.05) is 19.3 Å². The van der Waals surface area contributed by atoms with Gasteiger partial charge < -0.3 is 28.6 Å². The molecule has 0 N–H and O–H groups in total. The van der Waals surface area contributed by atoms with Crippen molar-refractivity contribution in [2.45, 2.75) is 122 Å². The Labute approximate surface area is 291 Å². The Balaban J connectivity index is 4.56. The van der Waals surface area contributed by atoms with Gasteiger partial charge in [0.15, 0.2) is 6.10 Å². The third-order valence-electron chi connectivity index (χ3n) is 7.34. The first-order chi connectivity index (χ1) is 23.1. The molecule has 272 valence electrons. The summed E-state index contributed by atoms with van der Waals surface area (Å²) in [6.45, 7) is 4.32. The predicted octanol–water partition coefficient (Wildman–Crippen LogP) is 7.51. The van der Waals surface area contributed by atoms with Crippen molar-refractivity contribution in [2.24, 2.45) is 0 Å². The molecule has 0 amide bonds. The minimum Gasteiger partial charge on any atom is -0.544 e. The molecular weight excluding hydrogens is 606 g/mol. The van der Waals surface area contributed by atoms with E-state index in [0.29, 0.717) is 12.8 Å². The number of rotatable bonds is 30. The zero-order valence-electron chi connectivity index (χ0n) is 30.6.